The molecule has 2 nitrogen and oxygen atoms in total. The first-order chi connectivity index (χ1) is 6.22. The topological polar surface area (TPSA) is 32.3 Å². The summed E-state index contributed by atoms with van der Waals surface area (Å²) in [6, 6.07) is 8.06. The van der Waals surface area contributed by atoms with Gasteiger partial charge < -0.3 is 11.8 Å². The molecule has 0 aliphatic heterocycles. The molecule has 0 aromatic heterocycles. The molecule has 1 rings (SSSR count). The van der Waals surface area contributed by atoms with Gasteiger partial charge in [-0.3, -0.25) is 0 Å². The second kappa shape index (κ2) is 7.60. The van der Waals surface area contributed by atoms with Gasteiger partial charge >= 0.3 is 29.6 Å². The van der Waals surface area contributed by atoms with E-state index >= 15 is 0 Å². The van der Waals surface area contributed by atoms with Crippen molar-refractivity contribution in [1.82, 2.24) is 0 Å². The predicted molar refractivity (Wildman–Crippen MR) is 60.6 cm³/mol. The maximum atomic E-state index is 9.25. The first-order valence-corrected chi connectivity index (χ1v) is 4.95. The fourth-order valence-corrected chi connectivity index (χ4v) is 1.18. The van der Waals surface area contributed by atoms with E-state index in [1.54, 1.807) is 0 Å². The zero-order chi connectivity index (χ0) is 9.68. The minimum absolute atomic E-state index is 0. The van der Waals surface area contributed by atoms with Crippen molar-refractivity contribution in [3.8, 4) is 0 Å². The number of hydrogen-bond acceptors (Lipinski definition) is 3. The van der Waals surface area contributed by atoms with Crippen LogP contribution in [0.25, 0.3) is 0 Å². The summed E-state index contributed by atoms with van der Waals surface area (Å²) in [5.74, 6) is 0.485. The Bertz CT molecular complexity index is 275. The third-order valence-electron chi connectivity index (χ3n) is 1.77. The number of aliphatic hydroxyl groups is 1. The van der Waals surface area contributed by atoms with Crippen LogP contribution in [-0.4, -0.2) is 23.5 Å². The van der Waals surface area contributed by atoms with Gasteiger partial charge in [0.25, 0.3) is 0 Å². The van der Waals surface area contributed by atoms with E-state index in [0.717, 1.165) is 5.69 Å². The molecule has 0 bridgehead atoms. The van der Waals surface area contributed by atoms with Crippen LogP contribution in [0.4, 0.5) is 5.69 Å². The number of hydrogen-bond donors (Lipinski definition) is 3. The van der Waals surface area contributed by atoms with Gasteiger partial charge in [0.15, 0.2) is 0 Å². The van der Waals surface area contributed by atoms with E-state index in [2.05, 4.69) is 17.9 Å². The molecule has 1 unspecified atom stereocenters. The van der Waals surface area contributed by atoms with Gasteiger partial charge in [0.05, 0.1) is 6.10 Å². The third-order valence-corrected chi connectivity index (χ3v) is 2.19. The fourth-order valence-electron chi connectivity index (χ4n) is 1.06. The van der Waals surface area contributed by atoms with Crippen molar-refractivity contribution in [2.45, 2.75) is 13.0 Å². The summed E-state index contributed by atoms with van der Waals surface area (Å²) in [5.41, 5.74) is 2.26. The van der Waals surface area contributed by atoms with E-state index in [1.165, 1.54) is 5.56 Å². The first-order valence-electron chi connectivity index (χ1n) is 4.32. The summed E-state index contributed by atoms with van der Waals surface area (Å²) in [7, 11) is 0. The molecule has 1 atom stereocenters. The minimum atomic E-state index is -0.385. The van der Waals surface area contributed by atoms with Gasteiger partial charge in [-0.15, -0.1) is 0 Å². The largest absolute Gasteiger partial charge is 1.00 e. The van der Waals surface area contributed by atoms with Crippen LogP contribution in [-0.2, 0) is 0 Å². The molecule has 0 heterocycles. The summed E-state index contributed by atoms with van der Waals surface area (Å²) < 4.78 is 0. The summed E-state index contributed by atoms with van der Waals surface area (Å²) >= 11 is 3.99. The van der Waals surface area contributed by atoms with E-state index in [4.69, 9.17) is 0 Å². The zero-order valence-electron chi connectivity index (χ0n) is 9.70. The molecule has 0 spiro atoms. The van der Waals surface area contributed by atoms with E-state index in [-0.39, 0.29) is 37.1 Å². The van der Waals surface area contributed by atoms with Crippen LogP contribution in [0, 0.1) is 6.92 Å². The Kier molecular flexibility index (Phi) is 7.78. The number of aliphatic hydroxyl groups excluding tert-OH is 1. The van der Waals surface area contributed by atoms with E-state index in [1.807, 2.05) is 31.2 Å². The van der Waals surface area contributed by atoms with E-state index < -0.39 is 0 Å². The monoisotopic (exact) mass is 221 g/mol. The average Bonchev–Trinajstić information content (AvgIpc) is 2.14. The molecule has 0 fully saturated rings. The molecule has 0 aliphatic carbocycles. The van der Waals surface area contributed by atoms with Gasteiger partial charge in [0, 0.05) is 18.0 Å². The molecular formula is C10H16NNaOS. The number of benzene rings is 1. The van der Waals surface area contributed by atoms with Gasteiger partial charge in [-0.05, 0) is 24.6 Å². The number of anilines is 1. The van der Waals surface area contributed by atoms with Crippen molar-refractivity contribution in [3.05, 3.63) is 29.8 Å². The number of thiol groups is 1. The molecule has 1 aromatic carbocycles. The number of rotatable bonds is 4. The second-order valence-electron chi connectivity index (χ2n) is 3.09. The standard InChI is InChI=1S/C10H15NOS.Na.H/c1-8-3-2-4-9(5-8)11-6-10(12)7-13;;/h2-5,10-13H,6-7H2,1H3;;/q;+1;-1. The van der Waals surface area contributed by atoms with Gasteiger partial charge in [0.2, 0.25) is 0 Å². The Morgan fingerprint density at radius 1 is 1.57 bits per heavy atom. The molecule has 0 saturated carbocycles. The van der Waals surface area contributed by atoms with Crippen LogP contribution in [0.15, 0.2) is 24.3 Å². The third kappa shape index (κ3) is 5.27. The molecule has 2 N–H and O–H groups in total. The Morgan fingerprint density at radius 3 is 2.86 bits per heavy atom. The van der Waals surface area contributed by atoms with Crippen LogP contribution < -0.4 is 34.9 Å². The molecule has 0 aliphatic rings. The molecule has 0 saturated heterocycles. The van der Waals surface area contributed by atoms with Crippen molar-refractivity contribution in [1.29, 1.82) is 0 Å². The van der Waals surface area contributed by atoms with Gasteiger partial charge in [0.1, 0.15) is 0 Å². The number of aryl methyl sites for hydroxylation is 1. The Balaban J connectivity index is 0. The van der Waals surface area contributed by atoms with Crippen LogP contribution in [0.1, 0.15) is 6.99 Å². The molecule has 0 amide bonds. The van der Waals surface area contributed by atoms with Gasteiger partial charge in [-0.1, -0.05) is 12.1 Å². The fraction of sp³-hybridized carbons (Fsp3) is 0.400. The maximum Gasteiger partial charge on any atom is 1.00 e. The Labute approximate surface area is 114 Å². The van der Waals surface area contributed by atoms with Crippen molar-refractivity contribution in [3.63, 3.8) is 0 Å². The molecule has 4 heteroatoms. The van der Waals surface area contributed by atoms with E-state index in [0.29, 0.717) is 12.3 Å². The Morgan fingerprint density at radius 2 is 2.29 bits per heavy atom. The molecule has 0 radical (unpaired) electrons. The maximum absolute atomic E-state index is 9.25. The van der Waals surface area contributed by atoms with Crippen LogP contribution in [0.5, 0.6) is 0 Å². The molecule has 1 aromatic rings. The van der Waals surface area contributed by atoms with Crippen LogP contribution in [0.2, 0.25) is 0 Å². The zero-order valence-corrected chi connectivity index (χ0v) is 11.6. The summed E-state index contributed by atoms with van der Waals surface area (Å²) in [6.07, 6.45) is -0.385. The normalized spacial score (nSPS) is 11.6. The quantitative estimate of drug-likeness (QED) is 0.441. The summed E-state index contributed by atoms with van der Waals surface area (Å²) in [4.78, 5) is 0. The molecule has 74 valence electrons. The average molecular weight is 221 g/mol. The van der Waals surface area contributed by atoms with Crippen molar-refractivity contribution < 1.29 is 36.1 Å². The molecule has 14 heavy (non-hydrogen) atoms. The van der Waals surface area contributed by atoms with Crippen LogP contribution in [0.3, 0.4) is 0 Å². The van der Waals surface area contributed by atoms with Gasteiger partial charge in [-0.25, -0.2) is 0 Å². The second-order valence-corrected chi connectivity index (χ2v) is 3.45. The molecular weight excluding hydrogens is 205 g/mol. The summed E-state index contributed by atoms with van der Waals surface area (Å²) in [5, 5.41) is 12.4. The summed E-state index contributed by atoms with van der Waals surface area (Å²) in [6.45, 7) is 2.59. The smallest absolute Gasteiger partial charge is 1.00 e. The van der Waals surface area contributed by atoms with Crippen LogP contribution >= 0.6 is 12.6 Å². The first kappa shape index (κ1) is 14.3. The minimum Gasteiger partial charge on any atom is -1.00 e. The van der Waals surface area contributed by atoms with Gasteiger partial charge in [-0.2, -0.15) is 12.6 Å². The van der Waals surface area contributed by atoms with Crippen molar-refractivity contribution in [2.75, 3.05) is 17.6 Å². The van der Waals surface area contributed by atoms with Crippen molar-refractivity contribution >= 4 is 18.3 Å². The number of nitrogens with one attached hydrogen (secondary N) is 1. The predicted octanol–water partition coefficient (Wildman–Crippen LogP) is -1.19. The van der Waals surface area contributed by atoms with Crippen molar-refractivity contribution in [2.24, 2.45) is 0 Å². The SMILES string of the molecule is Cc1cccc(NCC(O)CS)c1.[H-].[Na+]. The Hall–Kier alpha value is 0.330. The van der Waals surface area contributed by atoms with E-state index in [9.17, 15) is 5.11 Å².